The first kappa shape index (κ1) is 17.7. The van der Waals surface area contributed by atoms with Crippen molar-refractivity contribution in [1.29, 1.82) is 0 Å². The van der Waals surface area contributed by atoms with Crippen molar-refractivity contribution in [1.82, 2.24) is 5.32 Å². The molecule has 0 heterocycles. The molecule has 0 spiro atoms. The second kappa shape index (κ2) is 8.26. The highest BCUT2D eigenvalue weighted by Gasteiger charge is 2.12. The third-order valence-corrected chi connectivity index (χ3v) is 3.99. The van der Waals surface area contributed by atoms with Gasteiger partial charge in [-0.3, -0.25) is 9.59 Å². The third-order valence-electron chi connectivity index (χ3n) is 3.99. The van der Waals surface area contributed by atoms with Gasteiger partial charge in [0.2, 0.25) is 0 Å². The van der Waals surface area contributed by atoms with E-state index in [0.717, 1.165) is 6.42 Å². The molecule has 1 unspecified atom stereocenters. The summed E-state index contributed by atoms with van der Waals surface area (Å²) < 4.78 is 0. The van der Waals surface area contributed by atoms with Gasteiger partial charge in [0.25, 0.3) is 5.91 Å². The van der Waals surface area contributed by atoms with Gasteiger partial charge in [0.15, 0.2) is 5.78 Å². The number of rotatable bonds is 8. The predicted octanol–water partition coefficient (Wildman–Crippen LogP) is 2.46. The number of amides is 1. The van der Waals surface area contributed by atoms with E-state index < -0.39 is 5.91 Å². The highest BCUT2D eigenvalue weighted by atomic mass is 16.3. The summed E-state index contributed by atoms with van der Waals surface area (Å²) in [6, 6.07) is 14.3. The zero-order valence-corrected chi connectivity index (χ0v) is 13.7. The number of nitrogens with two attached hydrogens (primary N) is 1. The maximum absolute atomic E-state index is 12.1. The van der Waals surface area contributed by atoms with Crippen molar-refractivity contribution < 1.29 is 14.7 Å². The lowest BCUT2D eigenvalue weighted by Crippen LogP contribution is -2.25. The Morgan fingerprint density at radius 3 is 2.54 bits per heavy atom. The van der Waals surface area contributed by atoms with Crippen molar-refractivity contribution in [3.63, 3.8) is 0 Å². The molecule has 0 aliphatic heterocycles. The molecule has 2 rings (SSSR count). The predicted molar refractivity (Wildman–Crippen MR) is 93.3 cm³/mol. The summed E-state index contributed by atoms with van der Waals surface area (Å²) in [5.74, 6) is -0.718. The van der Waals surface area contributed by atoms with Crippen LogP contribution in [-0.2, 0) is 0 Å². The normalized spacial score (nSPS) is 11.9. The van der Waals surface area contributed by atoms with E-state index in [0.29, 0.717) is 18.0 Å². The van der Waals surface area contributed by atoms with Crippen molar-refractivity contribution in [2.45, 2.75) is 19.3 Å². The van der Waals surface area contributed by atoms with Crippen LogP contribution in [0.3, 0.4) is 0 Å². The Kier molecular flexibility index (Phi) is 6.09. The van der Waals surface area contributed by atoms with E-state index in [1.165, 1.54) is 23.8 Å². The zero-order chi connectivity index (χ0) is 17.5. The number of nitrogens with one attached hydrogen (secondary N) is 1. The maximum atomic E-state index is 12.1. The van der Waals surface area contributed by atoms with Crippen LogP contribution in [0.2, 0.25) is 0 Å². The highest BCUT2D eigenvalue weighted by molar-refractivity contribution is 6.02. The molecule has 4 N–H and O–H groups in total. The van der Waals surface area contributed by atoms with Crippen molar-refractivity contribution in [2.75, 3.05) is 13.1 Å². The van der Waals surface area contributed by atoms with Gasteiger partial charge in [0.05, 0.1) is 12.1 Å². The summed E-state index contributed by atoms with van der Waals surface area (Å²) in [6.45, 7) is 3.03. The lowest BCUT2D eigenvalue weighted by atomic mass is 9.98. The van der Waals surface area contributed by atoms with Gasteiger partial charge in [-0.1, -0.05) is 37.3 Å². The number of primary amides is 1. The van der Waals surface area contributed by atoms with Crippen LogP contribution in [0.15, 0.2) is 48.5 Å². The number of Topliss-reactive ketones (excluding diaryl/α,β-unsaturated/α-hetero) is 1. The molecule has 0 aliphatic carbocycles. The van der Waals surface area contributed by atoms with Gasteiger partial charge in [-0.25, -0.2) is 0 Å². The first-order valence-corrected chi connectivity index (χ1v) is 7.90. The first-order valence-electron chi connectivity index (χ1n) is 7.90. The molecule has 0 bridgehead atoms. The lowest BCUT2D eigenvalue weighted by molar-refractivity contribution is 0.0991. The zero-order valence-electron chi connectivity index (χ0n) is 13.7. The van der Waals surface area contributed by atoms with Gasteiger partial charge in [-0.2, -0.15) is 0 Å². The number of ketones is 1. The molecule has 0 saturated heterocycles. The van der Waals surface area contributed by atoms with Crippen molar-refractivity contribution in [3.05, 3.63) is 65.2 Å². The van der Waals surface area contributed by atoms with Gasteiger partial charge >= 0.3 is 0 Å². The fourth-order valence-corrected chi connectivity index (χ4v) is 2.48. The number of carbonyl (C=O) groups is 2. The summed E-state index contributed by atoms with van der Waals surface area (Å²) >= 11 is 0. The summed E-state index contributed by atoms with van der Waals surface area (Å²) in [5.41, 5.74) is 6.75. The van der Waals surface area contributed by atoms with E-state index in [4.69, 9.17) is 5.73 Å². The molecule has 5 heteroatoms. The summed E-state index contributed by atoms with van der Waals surface area (Å²) in [5, 5.41) is 12.7. The standard InChI is InChI=1S/C19H22N2O3/c1-13(14-5-3-2-4-6-14)9-10-21-12-18(23)15-7-8-17(22)16(11-15)19(20)24/h2-8,11,13,21-22H,9-10,12H2,1H3,(H2,20,24). The molecule has 0 fully saturated rings. The van der Waals surface area contributed by atoms with Crippen LogP contribution in [0, 0.1) is 0 Å². The third kappa shape index (κ3) is 4.67. The molecule has 0 aliphatic rings. The van der Waals surface area contributed by atoms with Gasteiger partial charge in [-0.15, -0.1) is 0 Å². The van der Waals surface area contributed by atoms with Crippen LogP contribution >= 0.6 is 0 Å². The highest BCUT2D eigenvalue weighted by Crippen LogP contribution is 2.19. The number of aromatic hydroxyl groups is 1. The van der Waals surface area contributed by atoms with Crippen molar-refractivity contribution in [2.24, 2.45) is 5.73 Å². The molecule has 2 aromatic carbocycles. The fraction of sp³-hybridized carbons (Fsp3) is 0.263. The minimum Gasteiger partial charge on any atom is -0.507 e. The van der Waals surface area contributed by atoms with Crippen molar-refractivity contribution in [3.8, 4) is 5.75 Å². The molecular formula is C19H22N2O3. The Bertz CT molecular complexity index is 714. The van der Waals surface area contributed by atoms with E-state index in [1.54, 1.807) is 0 Å². The Morgan fingerprint density at radius 2 is 1.88 bits per heavy atom. The molecule has 5 nitrogen and oxygen atoms in total. The smallest absolute Gasteiger partial charge is 0.252 e. The van der Waals surface area contributed by atoms with Crippen LogP contribution in [0.4, 0.5) is 0 Å². The van der Waals surface area contributed by atoms with Gasteiger partial charge in [-0.05, 0) is 42.6 Å². The van der Waals surface area contributed by atoms with E-state index in [-0.39, 0.29) is 23.6 Å². The largest absolute Gasteiger partial charge is 0.507 e. The Morgan fingerprint density at radius 1 is 1.17 bits per heavy atom. The van der Waals surface area contributed by atoms with E-state index in [9.17, 15) is 14.7 Å². The van der Waals surface area contributed by atoms with Crippen LogP contribution in [0.5, 0.6) is 5.75 Å². The van der Waals surface area contributed by atoms with Crippen LogP contribution in [0.1, 0.15) is 45.5 Å². The van der Waals surface area contributed by atoms with Crippen LogP contribution in [0.25, 0.3) is 0 Å². The Labute approximate surface area is 141 Å². The van der Waals surface area contributed by atoms with Crippen LogP contribution < -0.4 is 11.1 Å². The molecule has 0 aromatic heterocycles. The molecular weight excluding hydrogens is 304 g/mol. The van der Waals surface area contributed by atoms with Gasteiger partial charge in [0, 0.05) is 5.56 Å². The SMILES string of the molecule is CC(CCNCC(=O)c1ccc(O)c(C(N)=O)c1)c1ccccc1. The fourth-order valence-electron chi connectivity index (χ4n) is 2.48. The van der Waals surface area contributed by atoms with E-state index >= 15 is 0 Å². The number of hydrogen-bond acceptors (Lipinski definition) is 4. The summed E-state index contributed by atoms with van der Waals surface area (Å²) in [7, 11) is 0. The molecule has 0 saturated carbocycles. The minimum absolute atomic E-state index is 0.0430. The number of carbonyl (C=O) groups excluding carboxylic acids is 2. The molecule has 2 aromatic rings. The van der Waals surface area contributed by atoms with Crippen LogP contribution in [-0.4, -0.2) is 29.9 Å². The molecule has 126 valence electrons. The molecule has 0 radical (unpaired) electrons. The topological polar surface area (TPSA) is 92.4 Å². The minimum atomic E-state index is -0.758. The molecule has 1 atom stereocenters. The summed E-state index contributed by atoms with van der Waals surface area (Å²) in [6.07, 6.45) is 0.916. The molecule has 24 heavy (non-hydrogen) atoms. The Balaban J connectivity index is 1.83. The lowest BCUT2D eigenvalue weighted by Gasteiger charge is -2.12. The monoisotopic (exact) mass is 326 g/mol. The number of phenols is 1. The number of hydrogen-bond donors (Lipinski definition) is 3. The molecule has 1 amide bonds. The van der Waals surface area contributed by atoms with Crippen molar-refractivity contribution >= 4 is 11.7 Å². The quantitative estimate of drug-likeness (QED) is 0.513. The second-order valence-electron chi connectivity index (χ2n) is 5.80. The van der Waals surface area contributed by atoms with E-state index in [2.05, 4.69) is 24.4 Å². The van der Waals surface area contributed by atoms with E-state index in [1.807, 2.05) is 18.2 Å². The first-order chi connectivity index (χ1) is 11.5. The summed E-state index contributed by atoms with van der Waals surface area (Å²) in [4.78, 5) is 23.4. The average molecular weight is 326 g/mol. The van der Waals surface area contributed by atoms with Gasteiger partial charge < -0.3 is 16.2 Å². The maximum Gasteiger partial charge on any atom is 0.252 e. The van der Waals surface area contributed by atoms with Gasteiger partial charge in [0.1, 0.15) is 5.75 Å². The number of benzene rings is 2. The second-order valence-corrected chi connectivity index (χ2v) is 5.80. The Hall–Kier alpha value is -2.66. The average Bonchev–Trinajstić information content (AvgIpc) is 2.59.